The van der Waals surface area contributed by atoms with Crippen LogP contribution < -0.4 is 10.6 Å². The van der Waals surface area contributed by atoms with Crippen molar-refractivity contribution < 1.29 is 9.59 Å². The molecule has 0 saturated heterocycles. The predicted molar refractivity (Wildman–Crippen MR) is 127 cm³/mol. The molecule has 7 heteroatoms. The number of benzene rings is 3. The second-order valence-corrected chi connectivity index (χ2v) is 7.99. The van der Waals surface area contributed by atoms with Gasteiger partial charge in [-0.25, -0.2) is 4.98 Å². The molecule has 1 heterocycles. The van der Waals surface area contributed by atoms with E-state index in [1.54, 1.807) is 24.3 Å². The van der Waals surface area contributed by atoms with Gasteiger partial charge in [-0.2, -0.15) is 0 Å². The minimum atomic E-state index is -0.447. The molecule has 1 aromatic heterocycles. The summed E-state index contributed by atoms with van der Waals surface area (Å²) >= 11 is 6.17. The highest BCUT2D eigenvalue weighted by molar-refractivity contribution is 6.33. The van der Waals surface area contributed by atoms with E-state index in [0.717, 1.165) is 22.3 Å². The number of nitrogens with zero attached hydrogens (tertiary/aromatic N) is 2. The third-order valence-corrected chi connectivity index (χ3v) is 5.59. The van der Waals surface area contributed by atoms with Crippen LogP contribution in [0.3, 0.4) is 0 Å². The zero-order chi connectivity index (χ0) is 22.7. The number of aromatic nitrogens is 2. The summed E-state index contributed by atoms with van der Waals surface area (Å²) in [5.41, 5.74) is 3.72. The van der Waals surface area contributed by atoms with E-state index in [0.29, 0.717) is 16.4 Å². The lowest BCUT2D eigenvalue weighted by molar-refractivity contribution is -0.116. The molecule has 4 aromatic rings. The van der Waals surface area contributed by atoms with Gasteiger partial charge in [0.15, 0.2) is 0 Å². The molecule has 0 aliphatic heterocycles. The Balaban J connectivity index is 1.61. The van der Waals surface area contributed by atoms with Gasteiger partial charge in [0.1, 0.15) is 12.4 Å². The summed E-state index contributed by atoms with van der Waals surface area (Å²) in [6.45, 7) is 3.85. The molecule has 2 N–H and O–H groups in total. The molecule has 4 rings (SSSR count). The zero-order valence-corrected chi connectivity index (χ0v) is 18.6. The molecule has 162 valence electrons. The minimum absolute atomic E-state index is 0.0660. The number of carbonyl (C=O) groups excluding carboxylic acids is 2. The van der Waals surface area contributed by atoms with E-state index in [4.69, 9.17) is 16.6 Å². The molecule has 2 amide bonds. The molecule has 0 radical (unpaired) electrons. The van der Waals surface area contributed by atoms with Crippen molar-refractivity contribution in [2.24, 2.45) is 0 Å². The Morgan fingerprint density at radius 1 is 1.00 bits per heavy atom. The number of nitrogens with one attached hydrogen (secondary N) is 2. The summed E-state index contributed by atoms with van der Waals surface area (Å²) in [6.07, 6.45) is 0. The second kappa shape index (κ2) is 9.24. The van der Waals surface area contributed by atoms with Crippen molar-refractivity contribution in [3.05, 3.63) is 94.8 Å². The zero-order valence-electron chi connectivity index (χ0n) is 17.8. The van der Waals surface area contributed by atoms with Crippen LogP contribution in [-0.4, -0.2) is 21.4 Å². The molecule has 0 saturated carbocycles. The quantitative estimate of drug-likeness (QED) is 0.431. The average Bonchev–Trinajstić information content (AvgIpc) is 3.14. The van der Waals surface area contributed by atoms with Crippen LogP contribution in [0.5, 0.6) is 0 Å². The van der Waals surface area contributed by atoms with Gasteiger partial charge in [0, 0.05) is 5.69 Å². The maximum absolute atomic E-state index is 12.9. The molecular formula is C25H23ClN4O2. The van der Waals surface area contributed by atoms with Crippen molar-refractivity contribution in [3.8, 4) is 0 Å². The van der Waals surface area contributed by atoms with Gasteiger partial charge >= 0.3 is 0 Å². The van der Waals surface area contributed by atoms with Gasteiger partial charge in [-0.15, -0.1) is 0 Å². The van der Waals surface area contributed by atoms with E-state index in [9.17, 15) is 9.59 Å². The maximum Gasteiger partial charge on any atom is 0.253 e. The summed E-state index contributed by atoms with van der Waals surface area (Å²) in [4.78, 5) is 30.3. The number of hydrogen-bond acceptors (Lipinski definition) is 3. The SMILES string of the molecule is Cc1ccccc1NC(=O)Cn1c(C(C)NC(=O)c2ccccc2Cl)nc2ccccc21. The van der Waals surface area contributed by atoms with Crippen LogP contribution >= 0.6 is 11.6 Å². The molecule has 1 atom stereocenters. The molecule has 6 nitrogen and oxygen atoms in total. The van der Waals surface area contributed by atoms with Gasteiger partial charge in [0.05, 0.1) is 27.7 Å². The molecule has 0 bridgehead atoms. The molecular weight excluding hydrogens is 424 g/mol. The van der Waals surface area contributed by atoms with Crippen LogP contribution in [0, 0.1) is 6.92 Å². The Kier molecular flexibility index (Phi) is 6.23. The van der Waals surface area contributed by atoms with Crippen LogP contribution in [0.15, 0.2) is 72.8 Å². The smallest absolute Gasteiger partial charge is 0.253 e. The van der Waals surface area contributed by atoms with Gasteiger partial charge in [-0.05, 0) is 49.7 Å². The molecule has 32 heavy (non-hydrogen) atoms. The van der Waals surface area contributed by atoms with E-state index < -0.39 is 6.04 Å². The fourth-order valence-corrected chi connectivity index (χ4v) is 3.84. The first-order chi connectivity index (χ1) is 15.4. The fourth-order valence-electron chi connectivity index (χ4n) is 3.62. The lowest BCUT2D eigenvalue weighted by Crippen LogP contribution is -2.30. The largest absolute Gasteiger partial charge is 0.342 e. The lowest BCUT2D eigenvalue weighted by Gasteiger charge is -2.17. The number of rotatable bonds is 6. The number of fused-ring (bicyclic) bond motifs is 1. The van der Waals surface area contributed by atoms with Crippen LogP contribution in [0.25, 0.3) is 11.0 Å². The number of halogens is 1. The van der Waals surface area contributed by atoms with Gasteiger partial charge < -0.3 is 15.2 Å². The number of imidazole rings is 1. The number of amides is 2. The van der Waals surface area contributed by atoms with Gasteiger partial charge in [0.2, 0.25) is 5.91 Å². The predicted octanol–water partition coefficient (Wildman–Crippen LogP) is 5.13. The monoisotopic (exact) mass is 446 g/mol. The van der Waals surface area contributed by atoms with Crippen molar-refractivity contribution >= 4 is 40.1 Å². The standard InChI is InChI=1S/C25H23ClN4O2/c1-16-9-3-6-12-20(16)28-23(31)15-30-22-14-8-7-13-21(22)29-24(30)17(2)27-25(32)18-10-4-5-11-19(18)26/h3-14,17H,15H2,1-2H3,(H,27,32)(H,28,31). The minimum Gasteiger partial charge on any atom is -0.342 e. The van der Waals surface area contributed by atoms with E-state index in [2.05, 4.69) is 10.6 Å². The van der Waals surface area contributed by atoms with Crippen LogP contribution in [-0.2, 0) is 11.3 Å². The fraction of sp³-hybridized carbons (Fsp3) is 0.160. The highest BCUT2D eigenvalue weighted by atomic mass is 35.5. The van der Waals surface area contributed by atoms with Gasteiger partial charge in [-0.3, -0.25) is 9.59 Å². The average molecular weight is 447 g/mol. The second-order valence-electron chi connectivity index (χ2n) is 7.58. The molecule has 0 aliphatic rings. The molecule has 0 aliphatic carbocycles. The van der Waals surface area contributed by atoms with E-state index >= 15 is 0 Å². The number of hydrogen-bond donors (Lipinski definition) is 2. The number of para-hydroxylation sites is 3. The summed E-state index contributed by atoms with van der Waals surface area (Å²) in [5, 5.41) is 6.29. The van der Waals surface area contributed by atoms with Crippen molar-refractivity contribution in [2.75, 3.05) is 5.32 Å². The van der Waals surface area contributed by atoms with Gasteiger partial charge in [-0.1, -0.05) is 54.1 Å². The van der Waals surface area contributed by atoms with Crippen LogP contribution in [0.2, 0.25) is 5.02 Å². The highest BCUT2D eigenvalue weighted by Crippen LogP contribution is 2.23. The Morgan fingerprint density at radius 2 is 1.69 bits per heavy atom. The molecule has 0 spiro atoms. The number of carbonyl (C=O) groups is 2. The maximum atomic E-state index is 12.9. The Hall–Kier alpha value is -3.64. The lowest BCUT2D eigenvalue weighted by atomic mass is 10.2. The highest BCUT2D eigenvalue weighted by Gasteiger charge is 2.21. The number of aryl methyl sites for hydroxylation is 1. The van der Waals surface area contributed by atoms with E-state index in [-0.39, 0.29) is 18.4 Å². The third kappa shape index (κ3) is 4.50. The van der Waals surface area contributed by atoms with Crippen molar-refractivity contribution in [1.29, 1.82) is 0 Å². The van der Waals surface area contributed by atoms with Crippen LogP contribution in [0.4, 0.5) is 5.69 Å². The third-order valence-electron chi connectivity index (χ3n) is 5.26. The molecule has 3 aromatic carbocycles. The summed E-state index contributed by atoms with van der Waals surface area (Å²) in [5.74, 6) is 0.117. The Morgan fingerprint density at radius 3 is 2.47 bits per heavy atom. The molecule has 1 unspecified atom stereocenters. The van der Waals surface area contributed by atoms with Crippen LogP contribution in [0.1, 0.15) is 34.7 Å². The Bertz CT molecular complexity index is 1300. The summed E-state index contributed by atoms with van der Waals surface area (Å²) < 4.78 is 1.83. The van der Waals surface area contributed by atoms with Crippen molar-refractivity contribution in [1.82, 2.24) is 14.9 Å². The number of anilines is 1. The van der Waals surface area contributed by atoms with Crippen molar-refractivity contribution in [3.63, 3.8) is 0 Å². The van der Waals surface area contributed by atoms with Crippen molar-refractivity contribution in [2.45, 2.75) is 26.4 Å². The molecule has 0 fully saturated rings. The normalized spacial score (nSPS) is 11.8. The van der Waals surface area contributed by atoms with E-state index in [1.165, 1.54) is 0 Å². The van der Waals surface area contributed by atoms with Gasteiger partial charge in [0.25, 0.3) is 5.91 Å². The Labute approximate surface area is 191 Å². The first-order valence-corrected chi connectivity index (χ1v) is 10.7. The topological polar surface area (TPSA) is 76.0 Å². The summed E-state index contributed by atoms with van der Waals surface area (Å²) in [6, 6.07) is 21.6. The first-order valence-electron chi connectivity index (χ1n) is 10.3. The summed E-state index contributed by atoms with van der Waals surface area (Å²) in [7, 11) is 0. The first kappa shape index (κ1) is 21.6. The van der Waals surface area contributed by atoms with E-state index in [1.807, 2.05) is 66.9 Å².